The minimum Gasteiger partial charge on any atom is -0.319 e. The lowest BCUT2D eigenvalue weighted by molar-refractivity contribution is -0.124. The van der Waals surface area contributed by atoms with Crippen LogP contribution in [0.5, 0.6) is 0 Å². The molecule has 94 valence electrons. The molecule has 0 aliphatic heterocycles. The molecule has 0 bridgehead atoms. The Balaban J connectivity index is 2.06. The first-order chi connectivity index (χ1) is 7.69. The first kappa shape index (κ1) is 13.7. The highest BCUT2D eigenvalue weighted by molar-refractivity contribution is 5.88. The van der Waals surface area contributed by atoms with Crippen molar-refractivity contribution in [1.82, 2.24) is 0 Å². The summed E-state index contributed by atoms with van der Waals surface area (Å²) in [5.74, 6) is 0.320. The van der Waals surface area contributed by atoms with E-state index in [4.69, 9.17) is 5.73 Å². The van der Waals surface area contributed by atoms with E-state index in [-0.39, 0.29) is 0 Å². The number of nitrogens with two attached hydrogens (primary N) is 1. The Morgan fingerprint density at radius 1 is 1.06 bits per heavy atom. The summed E-state index contributed by atoms with van der Waals surface area (Å²) in [6.07, 6.45) is 12.3. The quantitative estimate of drug-likeness (QED) is 0.642. The summed E-state index contributed by atoms with van der Waals surface area (Å²) in [6.45, 7) is 2.22. The molecule has 0 radical (unpaired) electrons. The number of rotatable bonds is 8. The third-order valence-corrected chi connectivity index (χ3v) is 3.81. The molecule has 0 aromatic rings. The lowest BCUT2D eigenvalue weighted by Crippen LogP contribution is -2.45. The second-order valence-electron chi connectivity index (χ2n) is 5.30. The van der Waals surface area contributed by atoms with E-state index >= 15 is 0 Å². The molecule has 0 spiro atoms. The SMILES string of the molecule is CCCCCCCCC(=O)C1(N)CCCC1. The van der Waals surface area contributed by atoms with Crippen LogP contribution in [0.4, 0.5) is 0 Å². The van der Waals surface area contributed by atoms with Crippen molar-refractivity contribution in [2.24, 2.45) is 5.73 Å². The number of Topliss-reactive ketones (excluding diaryl/α,β-unsaturated/α-hetero) is 1. The van der Waals surface area contributed by atoms with Gasteiger partial charge in [0.2, 0.25) is 0 Å². The van der Waals surface area contributed by atoms with Gasteiger partial charge in [0.25, 0.3) is 0 Å². The second-order valence-corrected chi connectivity index (χ2v) is 5.30. The zero-order valence-electron chi connectivity index (χ0n) is 10.8. The molecular weight excluding hydrogens is 198 g/mol. The van der Waals surface area contributed by atoms with Gasteiger partial charge in [0, 0.05) is 6.42 Å². The van der Waals surface area contributed by atoms with Crippen LogP contribution in [-0.4, -0.2) is 11.3 Å². The van der Waals surface area contributed by atoms with Gasteiger partial charge in [-0.2, -0.15) is 0 Å². The van der Waals surface area contributed by atoms with Gasteiger partial charge in [-0.3, -0.25) is 4.79 Å². The van der Waals surface area contributed by atoms with E-state index in [1.807, 2.05) is 0 Å². The van der Waals surface area contributed by atoms with E-state index in [0.717, 1.165) is 32.1 Å². The van der Waals surface area contributed by atoms with E-state index in [1.54, 1.807) is 0 Å². The predicted molar refractivity (Wildman–Crippen MR) is 68.4 cm³/mol. The number of hydrogen-bond acceptors (Lipinski definition) is 2. The Morgan fingerprint density at radius 2 is 1.62 bits per heavy atom. The molecule has 16 heavy (non-hydrogen) atoms. The second kappa shape index (κ2) is 7.05. The Kier molecular flexibility index (Phi) is 6.04. The first-order valence-electron chi connectivity index (χ1n) is 7.01. The van der Waals surface area contributed by atoms with Gasteiger partial charge in [0.05, 0.1) is 5.54 Å². The first-order valence-corrected chi connectivity index (χ1v) is 7.01. The van der Waals surface area contributed by atoms with Crippen LogP contribution in [0, 0.1) is 0 Å². The number of ketones is 1. The van der Waals surface area contributed by atoms with Gasteiger partial charge in [-0.05, 0) is 19.3 Å². The summed E-state index contributed by atoms with van der Waals surface area (Å²) in [4.78, 5) is 11.9. The molecule has 0 aromatic carbocycles. The van der Waals surface area contributed by atoms with Gasteiger partial charge in [0.15, 0.2) is 5.78 Å². The Hall–Kier alpha value is -0.370. The molecule has 0 amide bonds. The molecule has 1 aliphatic carbocycles. The number of hydrogen-bond donors (Lipinski definition) is 1. The van der Waals surface area contributed by atoms with E-state index < -0.39 is 5.54 Å². The predicted octanol–water partition coefficient (Wildman–Crippen LogP) is 3.58. The molecule has 2 N–H and O–H groups in total. The van der Waals surface area contributed by atoms with Gasteiger partial charge >= 0.3 is 0 Å². The molecular formula is C14H27NO. The Bertz CT molecular complexity index is 207. The van der Waals surface area contributed by atoms with Crippen molar-refractivity contribution in [3.63, 3.8) is 0 Å². The van der Waals surface area contributed by atoms with Gasteiger partial charge in [-0.1, -0.05) is 51.9 Å². The maximum absolute atomic E-state index is 11.9. The number of carbonyl (C=O) groups excluding carboxylic acids is 1. The van der Waals surface area contributed by atoms with Crippen LogP contribution in [0.25, 0.3) is 0 Å². The Labute approximate surface area is 100.0 Å². The highest BCUT2D eigenvalue weighted by Crippen LogP contribution is 2.29. The lowest BCUT2D eigenvalue weighted by Gasteiger charge is -2.21. The summed E-state index contributed by atoms with van der Waals surface area (Å²) in [6, 6.07) is 0. The van der Waals surface area contributed by atoms with Crippen molar-refractivity contribution in [3.05, 3.63) is 0 Å². The van der Waals surface area contributed by atoms with Crippen LogP contribution in [-0.2, 0) is 4.79 Å². The van der Waals surface area contributed by atoms with Crippen LogP contribution >= 0.6 is 0 Å². The summed E-state index contributed by atoms with van der Waals surface area (Å²) in [7, 11) is 0. The van der Waals surface area contributed by atoms with E-state index in [0.29, 0.717) is 12.2 Å². The number of carbonyl (C=O) groups is 1. The number of unbranched alkanes of at least 4 members (excludes halogenated alkanes) is 5. The maximum atomic E-state index is 11.9. The fourth-order valence-electron chi connectivity index (χ4n) is 2.60. The van der Waals surface area contributed by atoms with Crippen LogP contribution in [0.15, 0.2) is 0 Å². The molecule has 0 saturated heterocycles. The zero-order chi connectivity index (χ0) is 11.9. The average molecular weight is 225 g/mol. The van der Waals surface area contributed by atoms with Crippen molar-refractivity contribution in [3.8, 4) is 0 Å². The molecule has 1 rings (SSSR count). The lowest BCUT2D eigenvalue weighted by atomic mass is 9.90. The fourth-order valence-corrected chi connectivity index (χ4v) is 2.60. The van der Waals surface area contributed by atoms with Gasteiger partial charge in [-0.15, -0.1) is 0 Å². The van der Waals surface area contributed by atoms with Crippen LogP contribution in [0.1, 0.15) is 77.6 Å². The smallest absolute Gasteiger partial charge is 0.152 e. The highest BCUT2D eigenvalue weighted by atomic mass is 16.1. The van der Waals surface area contributed by atoms with Gasteiger partial charge in [0.1, 0.15) is 0 Å². The average Bonchev–Trinajstić information content (AvgIpc) is 2.71. The van der Waals surface area contributed by atoms with Crippen LogP contribution < -0.4 is 5.73 Å². The van der Waals surface area contributed by atoms with E-state index in [9.17, 15) is 4.79 Å². The van der Waals surface area contributed by atoms with Gasteiger partial charge < -0.3 is 5.73 Å². The molecule has 1 saturated carbocycles. The van der Waals surface area contributed by atoms with Crippen molar-refractivity contribution < 1.29 is 4.79 Å². The molecule has 2 nitrogen and oxygen atoms in total. The minimum absolute atomic E-state index is 0.320. The Morgan fingerprint density at radius 3 is 2.25 bits per heavy atom. The minimum atomic E-state index is -0.441. The summed E-state index contributed by atoms with van der Waals surface area (Å²) in [5, 5.41) is 0. The summed E-state index contributed by atoms with van der Waals surface area (Å²) < 4.78 is 0. The van der Waals surface area contributed by atoms with Crippen molar-refractivity contribution in [1.29, 1.82) is 0 Å². The molecule has 0 heterocycles. The molecule has 0 aromatic heterocycles. The zero-order valence-corrected chi connectivity index (χ0v) is 10.8. The summed E-state index contributed by atoms with van der Waals surface area (Å²) >= 11 is 0. The molecule has 2 heteroatoms. The van der Waals surface area contributed by atoms with Crippen molar-refractivity contribution >= 4 is 5.78 Å². The van der Waals surface area contributed by atoms with Crippen LogP contribution in [0.2, 0.25) is 0 Å². The third-order valence-electron chi connectivity index (χ3n) is 3.81. The van der Waals surface area contributed by atoms with E-state index in [1.165, 1.54) is 32.1 Å². The molecule has 0 atom stereocenters. The van der Waals surface area contributed by atoms with Crippen molar-refractivity contribution in [2.45, 2.75) is 83.1 Å². The monoisotopic (exact) mass is 225 g/mol. The topological polar surface area (TPSA) is 43.1 Å². The normalized spacial score (nSPS) is 18.9. The fraction of sp³-hybridized carbons (Fsp3) is 0.929. The molecule has 1 aliphatic rings. The van der Waals surface area contributed by atoms with Crippen LogP contribution in [0.3, 0.4) is 0 Å². The largest absolute Gasteiger partial charge is 0.319 e. The third kappa shape index (κ3) is 4.25. The molecule has 1 fully saturated rings. The maximum Gasteiger partial charge on any atom is 0.152 e. The highest BCUT2D eigenvalue weighted by Gasteiger charge is 2.35. The van der Waals surface area contributed by atoms with Crippen molar-refractivity contribution in [2.75, 3.05) is 0 Å². The standard InChI is InChI=1S/C14H27NO/c1-2-3-4-5-6-7-10-13(16)14(15)11-8-9-12-14/h2-12,15H2,1H3. The van der Waals surface area contributed by atoms with E-state index in [2.05, 4.69) is 6.92 Å². The summed E-state index contributed by atoms with van der Waals surface area (Å²) in [5.41, 5.74) is 5.67. The van der Waals surface area contributed by atoms with Gasteiger partial charge in [-0.25, -0.2) is 0 Å². The molecule has 0 unspecified atom stereocenters.